The molecule has 164 valence electrons. The average Bonchev–Trinajstić information content (AvgIpc) is 2.73. The highest BCUT2D eigenvalue weighted by Crippen LogP contribution is 2.28. The van der Waals surface area contributed by atoms with Crippen molar-refractivity contribution in [2.75, 3.05) is 20.3 Å². The number of benzene rings is 2. The Hall–Kier alpha value is -2.21. The van der Waals surface area contributed by atoms with E-state index in [2.05, 4.69) is 42.0 Å². The number of unbranched alkanes of at least 4 members (excludes halogenated alkanes) is 1. The molecule has 0 radical (unpaired) electrons. The third-order valence-electron chi connectivity index (χ3n) is 4.58. The van der Waals surface area contributed by atoms with Gasteiger partial charge in [0.1, 0.15) is 5.75 Å². The maximum absolute atomic E-state index is 12.8. The van der Waals surface area contributed by atoms with Gasteiger partial charge in [-0.1, -0.05) is 49.2 Å². The van der Waals surface area contributed by atoms with Crippen LogP contribution in [0.2, 0.25) is 0 Å². The Bertz CT molecular complexity index is 823. The Morgan fingerprint density at radius 3 is 2.47 bits per heavy atom. The van der Waals surface area contributed by atoms with E-state index in [9.17, 15) is 4.79 Å². The maximum Gasteiger partial charge on any atom is 0.255 e. The van der Waals surface area contributed by atoms with Gasteiger partial charge in [0.15, 0.2) is 11.5 Å². The number of hydrogen-bond donors (Lipinski definition) is 1. The Labute approximate surface area is 188 Å². The highest BCUT2D eigenvalue weighted by atomic mass is 79.9. The van der Waals surface area contributed by atoms with Gasteiger partial charge in [-0.3, -0.25) is 4.79 Å². The van der Waals surface area contributed by atoms with Crippen molar-refractivity contribution in [2.24, 2.45) is 5.92 Å². The first-order chi connectivity index (χ1) is 14.4. The monoisotopic (exact) mass is 477 g/mol. The van der Waals surface area contributed by atoms with E-state index in [1.165, 1.54) is 0 Å². The van der Waals surface area contributed by atoms with Crippen LogP contribution in [-0.4, -0.2) is 26.2 Å². The molecule has 0 saturated heterocycles. The minimum Gasteiger partial charge on any atom is -0.493 e. The van der Waals surface area contributed by atoms with Crippen molar-refractivity contribution in [3.63, 3.8) is 0 Å². The molecule has 2 aromatic rings. The summed E-state index contributed by atoms with van der Waals surface area (Å²) in [6.45, 7) is 8.03. The molecule has 5 nitrogen and oxygen atoms in total. The topological polar surface area (TPSA) is 56.8 Å². The molecule has 0 spiro atoms. The molecule has 2 rings (SSSR count). The summed E-state index contributed by atoms with van der Waals surface area (Å²) in [5.41, 5.74) is 1.44. The second-order valence-corrected chi connectivity index (χ2v) is 8.46. The first-order valence-electron chi connectivity index (χ1n) is 10.4. The number of halogens is 1. The van der Waals surface area contributed by atoms with E-state index < -0.39 is 0 Å². The van der Waals surface area contributed by atoms with E-state index in [1.54, 1.807) is 13.2 Å². The van der Waals surface area contributed by atoms with E-state index in [-0.39, 0.29) is 5.91 Å². The summed E-state index contributed by atoms with van der Waals surface area (Å²) in [5.74, 6) is 2.33. The fourth-order valence-electron chi connectivity index (χ4n) is 2.76. The summed E-state index contributed by atoms with van der Waals surface area (Å²) in [7, 11) is 1.62. The molecule has 0 saturated carbocycles. The minimum atomic E-state index is -0.182. The van der Waals surface area contributed by atoms with Crippen LogP contribution < -0.4 is 19.5 Å². The Morgan fingerprint density at radius 1 is 1.03 bits per heavy atom. The zero-order valence-corrected chi connectivity index (χ0v) is 19.9. The van der Waals surface area contributed by atoms with Crippen molar-refractivity contribution in [3.8, 4) is 17.2 Å². The molecule has 0 aliphatic heterocycles. The minimum absolute atomic E-state index is 0.182. The molecule has 30 heavy (non-hydrogen) atoms. The number of amides is 1. The van der Waals surface area contributed by atoms with Gasteiger partial charge in [-0.2, -0.15) is 0 Å². The van der Waals surface area contributed by atoms with E-state index in [0.717, 1.165) is 29.3 Å². The lowest BCUT2D eigenvalue weighted by Gasteiger charge is -2.14. The number of hydrogen-bond acceptors (Lipinski definition) is 4. The molecular weight excluding hydrogens is 446 g/mol. The fraction of sp³-hybridized carbons (Fsp3) is 0.458. The van der Waals surface area contributed by atoms with Gasteiger partial charge in [-0.25, -0.2) is 0 Å². The van der Waals surface area contributed by atoms with Crippen LogP contribution in [0.1, 0.15) is 56.0 Å². The first kappa shape index (κ1) is 24.1. The second-order valence-electron chi connectivity index (χ2n) is 7.54. The predicted octanol–water partition coefficient (Wildman–Crippen LogP) is 5.99. The van der Waals surface area contributed by atoms with Gasteiger partial charge >= 0.3 is 0 Å². The summed E-state index contributed by atoms with van der Waals surface area (Å²) in [4.78, 5) is 12.8. The van der Waals surface area contributed by atoms with Crippen molar-refractivity contribution in [3.05, 3.63) is 52.0 Å². The Kier molecular flexibility index (Phi) is 10.0. The SMILES string of the molecule is CCCCOc1ccc(CNC(=O)c2cc(Br)ccc2OCCC(C)C)cc1OC. The summed E-state index contributed by atoms with van der Waals surface area (Å²) in [6, 6.07) is 11.2. The quantitative estimate of drug-likeness (QED) is 0.381. The number of ether oxygens (including phenoxy) is 3. The fourth-order valence-corrected chi connectivity index (χ4v) is 3.12. The molecule has 0 unspecified atom stereocenters. The lowest BCUT2D eigenvalue weighted by Crippen LogP contribution is -2.23. The molecule has 1 amide bonds. The van der Waals surface area contributed by atoms with Crippen LogP contribution in [0.15, 0.2) is 40.9 Å². The lowest BCUT2D eigenvalue weighted by atomic mass is 10.1. The molecule has 0 heterocycles. The van der Waals surface area contributed by atoms with E-state index in [1.807, 2.05) is 30.3 Å². The number of rotatable bonds is 12. The van der Waals surface area contributed by atoms with Crippen LogP contribution in [0.4, 0.5) is 0 Å². The van der Waals surface area contributed by atoms with Crippen LogP contribution in [0.3, 0.4) is 0 Å². The number of carbonyl (C=O) groups is 1. The maximum atomic E-state index is 12.8. The zero-order valence-electron chi connectivity index (χ0n) is 18.3. The van der Waals surface area contributed by atoms with Crippen molar-refractivity contribution < 1.29 is 19.0 Å². The van der Waals surface area contributed by atoms with E-state index >= 15 is 0 Å². The third kappa shape index (κ3) is 7.56. The molecule has 1 N–H and O–H groups in total. The smallest absolute Gasteiger partial charge is 0.255 e. The third-order valence-corrected chi connectivity index (χ3v) is 5.07. The molecule has 0 aromatic heterocycles. The van der Waals surface area contributed by atoms with Gasteiger partial charge in [0.25, 0.3) is 5.91 Å². The summed E-state index contributed by atoms with van der Waals surface area (Å²) >= 11 is 3.44. The molecule has 2 aromatic carbocycles. The van der Waals surface area contributed by atoms with Gasteiger partial charge in [-0.05, 0) is 54.7 Å². The lowest BCUT2D eigenvalue weighted by molar-refractivity contribution is 0.0946. The van der Waals surface area contributed by atoms with Gasteiger partial charge in [-0.15, -0.1) is 0 Å². The normalized spacial score (nSPS) is 10.7. The number of nitrogens with one attached hydrogen (secondary N) is 1. The molecule has 6 heteroatoms. The van der Waals surface area contributed by atoms with Crippen molar-refractivity contribution in [1.29, 1.82) is 0 Å². The standard InChI is InChI=1S/C24H32BrNO4/c1-5-6-12-29-22-9-7-18(14-23(22)28-4)16-26-24(27)20-15-19(25)8-10-21(20)30-13-11-17(2)3/h7-10,14-15,17H,5-6,11-13,16H2,1-4H3,(H,26,27). The Morgan fingerprint density at radius 2 is 1.77 bits per heavy atom. The number of carbonyl (C=O) groups excluding carboxylic acids is 1. The van der Waals surface area contributed by atoms with Gasteiger partial charge in [0.2, 0.25) is 0 Å². The van der Waals surface area contributed by atoms with Crippen LogP contribution in [0.5, 0.6) is 17.2 Å². The Balaban J connectivity index is 2.03. The van der Waals surface area contributed by atoms with Gasteiger partial charge in [0.05, 0.1) is 25.9 Å². The highest BCUT2D eigenvalue weighted by molar-refractivity contribution is 9.10. The number of methoxy groups -OCH3 is 1. The zero-order chi connectivity index (χ0) is 21.9. The van der Waals surface area contributed by atoms with Gasteiger partial charge < -0.3 is 19.5 Å². The summed E-state index contributed by atoms with van der Waals surface area (Å²) < 4.78 is 17.9. The second kappa shape index (κ2) is 12.5. The van der Waals surface area contributed by atoms with Crippen LogP contribution in [0, 0.1) is 5.92 Å². The van der Waals surface area contributed by atoms with Crippen molar-refractivity contribution in [1.82, 2.24) is 5.32 Å². The first-order valence-corrected chi connectivity index (χ1v) is 11.2. The molecule has 0 aliphatic rings. The van der Waals surface area contributed by atoms with E-state index in [0.29, 0.717) is 48.5 Å². The molecular formula is C24H32BrNO4. The van der Waals surface area contributed by atoms with Crippen LogP contribution >= 0.6 is 15.9 Å². The van der Waals surface area contributed by atoms with Gasteiger partial charge in [0, 0.05) is 11.0 Å². The predicted molar refractivity (Wildman–Crippen MR) is 124 cm³/mol. The molecule has 0 atom stereocenters. The largest absolute Gasteiger partial charge is 0.493 e. The molecule has 0 fully saturated rings. The van der Waals surface area contributed by atoms with Crippen molar-refractivity contribution >= 4 is 21.8 Å². The van der Waals surface area contributed by atoms with Crippen LogP contribution in [0.25, 0.3) is 0 Å². The molecule has 0 bridgehead atoms. The summed E-state index contributed by atoms with van der Waals surface area (Å²) in [5, 5.41) is 2.97. The average molecular weight is 478 g/mol. The van der Waals surface area contributed by atoms with E-state index in [4.69, 9.17) is 14.2 Å². The summed E-state index contributed by atoms with van der Waals surface area (Å²) in [6.07, 6.45) is 3.00. The molecule has 0 aliphatic carbocycles. The van der Waals surface area contributed by atoms with Crippen LogP contribution in [-0.2, 0) is 6.54 Å². The highest BCUT2D eigenvalue weighted by Gasteiger charge is 2.14. The van der Waals surface area contributed by atoms with Crippen molar-refractivity contribution in [2.45, 2.75) is 46.6 Å².